The van der Waals surface area contributed by atoms with Crippen molar-refractivity contribution in [1.29, 1.82) is 0 Å². The number of Topliss-reactive ketones (excluding diaryl/α,β-unsaturated/α-hetero) is 1. The molecular weight excluding hydrogens is 400 g/mol. The summed E-state index contributed by atoms with van der Waals surface area (Å²) in [4.78, 5) is 47.9. The van der Waals surface area contributed by atoms with Gasteiger partial charge in [0.1, 0.15) is 18.1 Å². The Hall–Kier alpha value is -3.04. The summed E-state index contributed by atoms with van der Waals surface area (Å²) < 4.78 is 25.5. The van der Waals surface area contributed by atoms with E-state index in [0.29, 0.717) is 6.42 Å². The summed E-state index contributed by atoms with van der Waals surface area (Å²) >= 11 is 0. The molecule has 0 saturated carbocycles. The molecule has 0 aliphatic carbocycles. The van der Waals surface area contributed by atoms with Gasteiger partial charge in [0.05, 0.1) is 0 Å². The number of carboxylic acid groups (broad SMARTS) is 1. The topological polar surface area (TPSA) is 125 Å². The molecule has 8 nitrogen and oxygen atoms in total. The van der Waals surface area contributed by atoms with Crippen molar-refractivity contribution in [3.63, 3.8) is 0 Å². The number of para-hydroxylation sites is 1. The van der Waals surface area contributed by atoms with Crippen LogP contribution >= 0.6 is 0 Å². The van der Waals surface area contributed by atoms with Crippen LogP contribution in [-0.2, 0) is 25.6 Å². The van der Waals surface area contributed by atoms with Crippen molar-refractivity contribution in [3.8, 4) is 0 Å². The molecule has 1 aromatic rings. The van der Waals surface area contributed by atoms with Crippen LogP contribution in [0.4, 0.5) is 14.5 Å². The lowest BCUT2D eigenvalue weighted by Gasteiger charge is -2.24. The number of hydrogen-bond acceptors (Lipinski definition) is 5. The molecule has 3 atom stereocenters. The number of anilines is 1. The maximum atomic E-state index is 12.7. The van der Waals surface area contributed by atoms with Gasteiger partial charge in [0.15, 0.2) is 0 Å². The molecule has 0 saturated heterocycles. The maximum Gasteiger partial charge on any atom is 0.374 e. The molecule has 2 rings (SSSR count). The minimum atomic E-state index is -2.99. The van der Waals surface area contributed by atoms with E-state index in [1.165, 1.54) is 0 Å². The van der Waals surface area contributed by atoms with E-state index in [4.69, 9.17) is 5.11 Å². The fourth-order valence-corrected chi connectivity index (χ4v) is 3.26. The van der Waals surface area contributed by atoms with E-state index in [1.807, 2.05) is 24.3 Å². The molecule has 0 aromatic heterocycles. The normalized spacial score (nSPS) is 17.1. The molecule has 30 heavy (non-hydrogen) atoms. The Labute approximate surface area is 172 Å². The second-order valence-electron chi connectivity index (χ2n) is 7.61. The van der Waals surface area contributed by atoms with Crippen LogP contribution in [0.2, 0.25) is 0 Å². The third-order valence-corrected chi connectivity index (χ3v) is 4.69. The summed E-state index contributed by atoms with van der Waals surface area (Å²) in [5.41, 5.74) is 1.76. The van der Waals surface area contributed by atoms with Gasteiger partial charge in [-0.2, -0.15) is 0 Å². The molecule has 0 bridgehead atoms. The van der Waals surface area contributed by atoms with Crippen LogP contribution in [0, 0.1) is 5.92 Å². The minimum absolute atomic E-state index is 0.0430. The van der Waals surface area contributed by atoms with Crippen molar-refractivity contribution in [3.05, 3.63) is 29.8 Å². The molecule has 1 heterocycles. The lowest BCUT2D eigenvalue weighted by Crippen LogP contribution is -2.55. The van der Waals surface area contributed by atoms with E-state index in [1.54, 1.807) is 13.8 Å². The Morgan fingerprint density at radius 1 is 1.10 bits per heavy atom. The molecule has 0 spiro atoms. The number of carbonyl (C=O) groups excluding carboxylic acids is 3. The fraction of sp³-hybridized carbons (Fsp3) is 0.500. The number of benzene rings is 1. The molecule has 0 radical (unpaired) electrons. The average Bonchev–Trinajstić information content (AvgIpc) is 3.09. The first-order valence-electron chi connectivity index (χ1n) is 9.59. The highest BCUT2D eigenvalue weighted by atomic mass is 19.3. The Bertz CT molecular complexity index is 790. The number of carbonyl (C=O) groups is 4. The van der Waals surface area contributed by atoms with Gasteiger partial charge in [-0.1, -0.05) is 32.0 Å². The molecular formula is C20H25F2N3O5. The zero-order chi connectivity index (χ0) is 22.4. The molecule has 1 aliphatic rings. The summed E-state index contributed by atoms with van der Waals surface area (Å²) in [7, 11) is 0. The number of halogens is 2. The number of aliphatic carboxylic acids is 1. The standard InChI is InChI=1S/C20H25F2N3O5/c1-10(2)7-14(18(27)24-13(9-16(21)22)17(26)20(29)30)25-19(28)15-8-11-5-3-4-6-12(11)23-15/h3-6,10,13-16,23H,7-9H2,1-2H3,(H,24,27)(H,25,28)(H,29,30)/t13-,14-,15?/m0/s1. The smallest absolute Gasteiger partial charge is 0.374 e. The SMILES string of the molecule is CC(C)C[C@H](NC(=O)C1Cc2ccccc2N1)C(=O)N[C@@H](CC(F)F)C(=O)C(=O)O. The second kappa shape index (κ2) is 10.1. The van der Waals surface area contributed by atoms with Gasteiger partial charge in [-0.3, -0.25) is 14.4 Å². The number of carboxylic acids is 1. The Balaban J connectivity index is 2.08. The Morgan fingerprint density at radius 2 is 1.77 bits per heavy atom. The Kier molecular flexibility index (Phi) is 7.85. The van der Waals surface area contributed by atoms with Crippen LogP contribution in [0.5, 0.6) is 0 Å². The first kappa shape index (κ1) is 23.2. The molecule has 1 unspecified atom stereocenters. The highest BCUT2D eigenvalue weighted by Gasteiger charge is 2.34. The van der Waals surface area contributed by atoms with Gasteiger partial charge in [-0.05, 0) is 24.0 Å². The van der Waals surface area contributed by atoms with Crippen molar-refractivity contribution in [2.24, 2.45) is 5.92 Å². The first-order valence-corrected chi connectivity index (χ1v) is 9.59. The van der Waals surface area contributed by atoms with Gasteiger partial charge >= 0.3 is 5.97 Å². The summed E-state index contributed by atoms with van der Waals surface area (Å²) in [6.45, 7) is 3.60. The van der Waals surface area contributed by atoms with E-state index in [9.17, 15) is 28.0 Å². The van der Waals surface area contributed by atoms with Crippen LogP contribution in [0.25, 0.3) is 0 Å². The van der Waals surface area contributed by atoms with Crippen LogP contribution < -0.4 is 16.0 Å². The number of rotatable bonds is 10. The number of fused-ring (bicyclic) bond motifs is 1. The van der Waals surface area contributed by atoms with E-state index >= 15 is 0 Å². The van der Waals surface area contributed by atoms with Gasteiger partial charge in [0, 0.05) is 18.5 Å². The lowest BCUT2D eigenvalue weighted by molar-refractivity contribution is -0.151. The second-order valence-corrected chi connectivity index (χ2v) is 7.61. The third-order valence-electron chi connectivity index (χ3n) is 4.69. The maximum absolute atomic E-state index is 12.7. The largest absolute Gasteiger partial charge is 0.475 e. The van der Waals surface area contributed by atoms with Crippen LogP contribution in [0.3, 0.4) is 0 Å². The van der Waals surface area contributed by atoms with Crippen molar-refractivity contribution >= 4 is 29.3 Å². The third kappa shape index (κ3) is 6.23. The van der Waals surface area contributed by atoms with Crippen molar-refractivity contribution in [2.45, 2.75) is 57.7 Å². The number of ketones is 1. The number of hydrogen-bond donors (Lipinski definition) is 4. The lowest BCUT2D eigenvalue weighted by atomic mass is 10.0. The quantitative estimate of drug-likeness (QED) is 0.420. The molecule has 0 fully saturated rings. The highest BCUT2D eigenvalue weighted by molar-refractivity contribution is 6.35. The predicted octanol–water partition coefficient (Wildman–Crippen LogP) is 1.35. The summed E-state index contributed by atoms with van der Waals surface area (Å²) in [6, 6.07) is 3.78. The number of amides is 2. The molecule has 4 N–H and O–H groups in total. The van der Waals surface area contributed by atoms with Gasteiger partial charge < -0.3 is 21.1 Å². The zero-order valence-electron chi connectivity index (χ0n) is 16.7. The van der Waals surface area contributed by atoms with Gasteiger partial charge in [-0.25, -0.2) is 13.6 Å². The van der Waals surface area contributed by atoms with Crippen molar-refractivity contribution in [1.82, 2.24) is 10.6 Å². The monoisotopic (exact) mass is 425 g/mol. The average molecular weight is 425 g/mol. The van der Waals surface area contributed by atoms with E-state index in [0.717, 1.165) is 11.3 Å². The number of alkyl halides is 2. The first-order chi connectivity index (χ1) is 14.1. The van der Waals surface area contributed by atoms with Crippen molar-refractivity contribution in [2.75, 3.05) is 5.32 Å². The molecule has 2 amide bonds. The number of nitrogens with one attached hydrogen (secondary N) is 3. The van der Waals surface area contributed by atoms with Crippen LogP contribution in [0.1, 0.15) is 32.3 Å². The van der Waals surface area contributed by atoms with Gasteiger partial charge in [0.25, 0.3) is 5.78 Å². The summed E-state index contributed by atoms with van der Waals surface area (Å²) in [6.07, 6.45) is -3.51. The van der Waals surface area contributed by atoms with Gasteiger partial charge in [-0.15, -0.1) is 0 Å². The van der Waals surface area contributed by atoms with E-state index < -0.39 is 54.5 Å². The van der Waals surface area contributed by atoms with E-state index in [2.05, 4.69) is 16.0 Å². The summed E-state index contributed by atoms with van der Waals surface area (Å²) in [5, 5.41) is 16.5. The molecule has 164 valence electrons. The summed E-state index contributed by atoms with van der Waals surface area (Å²) in [5.74, 6) is -4.84. The zero-order valence-corrected chi connectivity index (χ0v) is 16.7. The Morgan fingerprint density at radius 3 is 2.33 bits per heavy atom. The minimum Gasteiger partial charge on any atom is -0.475 e. The van der Waals surface area contributed by atoms with E-state index in [-0.39, 0.29) is 12.3 Å². The van der Waals surface area contributed by atoms with Crippen LogP contribution in [-0.4, -0.2) is 53.2 Å². The molecule has 1 aliphatic heterocycles. The molecule has 1 aromatic carbocycles. The van der Waals surface area contributed by atoms with Crippen molar-refractivity contribution < 1.29 is 33.1 Å². The van der Waals surface area contributed by atoms with Gasteiger partial charge in [0.2, 0.25) is 18.2 Å². The fourth-order valence-electron chi connectivity index (χ4n) is 3.26. The molecule has 10 heteroatoms. The van der Waals surface area contributed by atoms with Crippen LogP contribution in [0.15, 0.2) is 24.3 Å². The highest BCUT2D eigenvalue weighted by Crippen LogP contribution is 2.25. The predicted molar refractivity (Wildman–Crippen MR) is 104 cm³/mol.